The van der Waals surface area contributed by atoms with Gasteiger partial charge >= 0.3 is 0 Å². The van der Waals surface area contributed by atoms with E-state index in [1.54, 1.807) is 11.1 Å². The maximum Gasteiger partial charge on any atom is 0.0494 e. The predicted octanol–water partition coefficient (Wildman–Crippen LogP) is 7.01. The van der Waals surface area contributed by atoms with E-state index in [1.165, 1.54) is 70.6 Å². The van der Waals surface area contributed by atoms with E-state index in [-0.39, 0.29) is 5.41 Å². The van der Waals surface area contributed by atoms with Crippen molar-refractivity contribution >= 4 is 12.2 Å². The largest absolute Gasteiger partial charge is 0.310 e. The standard InChI is InChI=1S/C28H27N/c1-18-12-14-20-21-15-13-19(17-25(21)28(2,3)24(20)16-18)29-26-10-6-4-8-22(26)23-9-5-7-11-27(23)29/h6-7,10-17H,4-5,8-9H2,1-3H3. The van der Waals surface area contributed by atoms with E-state index in [2.05, 4.69) is 86.0 Å². The first-order chi connectivity index (χ1) is 14.1. The number of benzene rings is 2. The van der Waals surface area contributed by atoms with Crippen LogP contribution in [0.25, 0.3) is 29.0 Å². The van der Waals surface area contributed by atoms with Crippen molar-refractivity contribution in [2.75, 3.05) is 0 Å². The number of allylic oxidation sites excluding steroid dienone is 2. The van der Waals surface area contributed by atoms with Gasteiger partial charge in [-0.25, -0.2) is 0 Å². The van der Waals surface area contributed by atoms with Crippen LogP contribution in [0.5, 0.6) is 0 Å². The third-order valence-corrected chi connectivity index (χ3v) is 7.21. The summed E-state index contributed by atoms with van der Waals surface area (Å²) in [5, 5.41) is 0. The molecule has 0 spiro atoms. The van der Waals surface area contributed by atoms with E-state index in [4.69, 9.17) is 0 Å². The van der Waals surface area contributed by atoms with Crippen molar-refractivity contribution in [2.24, 2.45) is 0 Å². The molecule has 0 saturated heterocycles. The van der Waals surface area contributed by atoms with Gasteiger partial charge in [0.05, 0.1) is 0 Å². The molecule has 0 aliphatic heterocycles. The highest BCUT2D eigenvalue weighted by Crippen LogP contribution is 2.49. The van der Waals surface area contributed by atoms with Crippen molar-refractivity contribution in [1.29, 1.82) is 0 Å². The molecule has 144 valence electrons. The number of aromatic nitrogens is 1. The van der Waals surface area contributed by atoms with Gasteiger partial charge in [-0.05, 0) is 90.3 Å². The summed E-state index contributed by atoms with van der Waals surface area (Å²) in [5.41, 5.74) is 14.3. The second-order valence-corrected chi connectivity index (χ2v) is 9.35. The fraction of sp³-hybridized carbons (Fsp3) is 0.286. The van der Waals surface area contributed by atoms with Gasteiger partial charge in [-0.15, -0.1) is 0 Å². The Morgan fingerprint density at radius 1 is 0.759 bits per heavy atom. The van der Waals surface area contributed by atoms with Gasteiger partial charge in [0.25, 0.3) is 0 Å². The van der Waals surface area contributed by atoms with Crippen LogP contribution in [-0.4, -0.2) is 4.57 Å². The number of nitrogens with zero attached hydrogens (tertiary/aromatic N) is 1. The molecule has 1 heterocycles. The van der Waals surface area contributed by atoms with Crippen LogP contribution in [0.1, 0.15) is 65.9 Å². The van der Waals surface area contributed by atoms with Gasteiger partial charge in [-0.3, -0.25) is 0 Å². The summed E-state index contributed by atoms with van der Waals surface area (Å²) in [7, 11) is 0. The number of fused-ring (bicyclic) bond motifs is 6. The van der Waals surface area contributed by atoms with Gasteiger partial charge in [0.2, 0.25) is 0 Å². The third kappa shape index (κ3) is 2.28. The molecule has 0 N–H and O–H groups in total. The smallest absolute Gasteiger partial charge is 0.0494 e. The van der Waals surface area contributed by atoms with E-state index in [0.29, 0.717) is 0 Å². The minimum atomic E-state index is 0.0334. The lowest BCUT2D eigenvalue weighted by atomic mass is 9.82. The zero-order valence-electron chi connectivity index (χ0n) is 17.5. The van der Waals surface area contributed by atoms with Crippen molar-refractivity contribution in [3.8, 4) is 16.8 Å². The number of hydrogen-bond acceptors (Lipinski definition) is 0. The first-order valence-electron chi connectivity index (χ1n) is 10.9. The molecular weight excluding hydrogens is 350 g/mol. The Hall–Kier alpha value is -2.80. The highest BCUT2D eigenvalue weighted by Gasteiger charge is 2.36. The van der Waals surface area contributed by atoms with Crippen LogP contribution in [0.4, 0.5) is 0 Å². The fourth-order valence-electron chi connectivity index (χ4n) is 5.72. The van der Waals surface area contributed by atoms with Crippen LogP contribution in [0.15, 0.2) is 48.6 Å². The molecule has 1 heteroatoms. The second-order valence-electron chi connectivity index (χ2n) is 9.35. The third-order valence-electron chi connectivity index (χ3n) is 7.21. The van der Waals surface area contributed by atoms with Crippen molar-refractivity contribution in [2.45, 2.75) is 51.9 Å². The lowest BCUT2D eigenvalue weighted by molar-refractivity contribution is 0.659. The minimum absolute atomic E-state index is 0.0334. The number of rotatable bonds is 1. The molecule has 0 radical (unpaired) electrons. The molecule has 0 fully saturated rings. The van der Waals surface area contributed by atoms with Crippen molar-refractivity contribution in [3.05, 3.63) is 87.8 Å². The summed E-state index contributed by atoms with van der Waals surface area (Å²) in [6, 6.07) is 14.1. The average molecular weight is 378 g/mol. The summed E-state index contributed by atoms with van der Waals surface area (Å²) in [6.45, 7) is 6.95. The molecule has 2 aromatic carbocycles. The predicted molar refractivity (Wildman–Crippen MR) is 123 cm³/mol. The molecule has 0 amide bonds. The van der Waals surface area contributed by atoms with Gasteiger partial charge in [0, 0.05) is 22.5 Å². The van der Waals surface area contributed by atoms with Crippen molar-refractivity contribution in [3.63, 3.8) is 0 Å². The molecule has 29 heavy (non-hydrogen) atoms. The van der Waals surface area contributed by atoms with Crippen LogP contribution in [0.3, 0.4) is 0 Å². The Balaban J connectivity index is 1.59. The SMILES string of the molecule is Cc1ccc2c(c1)C(C)(C)c1cc(-n3c4c(c5c3C=CCC5)CCC=C4)ccc1-2. The first kappa shape index (κ1) is 17.1. The molecule has 3 aliphatic rings. The maximum absolute atomic E-state index is 2.51. The Kier molecular flexibility index (Phi) is 3.45. The summed E-state index contributed by atoms with van der Waals surface area (Å²) in [4.78, 5) is 0. The quantitative estimate of drug-likeness (QED) is 0.430. The van der Waals surface area contributed by atoms with E-state index < -0.39 is 0 Å². The Bertz CT molecular complexity index is 1190. The fourth-order valence-corrected chi connectivity index (χ4v) is 5.72. The minimum Gasteiger partial charge on any atom is -0.310 e. The van der Waals surface area contributed by atoms with E-state index in [0.717, 1.165) is 0 Å². The molecule has 6 rings (SSSR count). The van der Waals surface area contributed by atoms with Crippen molar-refractivity contribution < 1.29 is 0 Å². The summed E-state index contributed by atoms with van der Waals surface area (Å²) >= 11 is 0. The molecular formula is C28H27N. The van der Waals surface area contributed by atoms with Crippen LogP contribution < -0.4 is 0 Å². The lowest BCUT2D eigenvalue weighted by Gasteiger charge is -2.23. The summed E-state index contributed by atoms with van der Waals surface area (Å²) < 4.78 is 2.51. The molecule has 0 unspecified atom stereocenters. The van der Waals surface area contributed by atoms with Crippen molar-refractivity contribution in [1.82, 2.24) is 4.57 Å². The van der Waals surface area contributed by atoms with Gasteiger partial charge < -0.3 is 4.57 Å². The lowest BCUT2D eigenvalue weighted by Crippen LogP contribution is -2.16. The molecule has 1 nitrogen and oxygen atoms in total. The van der Waals surface area contributed by atoms with Crippen LogP contribution in [0, 0.1) is 6.92 Å². The monoisotopic (exact) mass is 377 g/mol. The number of aryl methyl sites for hydroxylation is 1. The highest BCUT2D eigenvalue weighted by atomic mass is 15.0. The van der Waals surface area contributed by atoms with Gasteiger partial charge in [-0.1, -0.05) is 55.8 Å². The van der Waals surface area contributed by atoms with Gasteiger partial charge in [0.1, 0.15) is 0 Å². The Morgan fingerprint density at radius 2 is 1.34 bits per heavy atom. The highest BCUT2D eigenvalue weighted by molar-refractivity contribution is 5.82. The molecule has 3 aliphatic carbocycles. The normalized spacial score (nSPS) is 17.6. The zero-order chi connectivity index (χ0) is 19.8. The van der Waals surface area contributed by atoms with E-state index >= 15 is 0 Å². The summed E-state index contributed by atoms with van der Waals surface area (Å²) in [5.74, 6) is 0. The summed E-state index contributed by atoms with van der Waals surface area (Å²) in [6.07, 6.45) is 14.1. The maximum atomic E-state index is 2.51. The molecule has 1 aromatic heterocycles. The Labute approximate surface area is 173 Å². The zero-order valence-corrected chi connectivity index (χ0v) is 17.5. The number of hydrogen-bond donors (Lipinski definition) is 0. The molecule has 3 aromatic rings. The van der Waals surface area contributed by atoms with Crippen LogP contribution in [0.2, 0.25) is 0 Å². The first-order valence-corrected chi connectivity index (χ1v) is 10.9. The van der Waals surface area contributed by atoms with Gasteiger partial charge in [-0.2, -0.15) is 0 Å². The van der Waals surface area contributed by atoms with E-state index in [9.17, 15) is 0 Å². The van der Waals surface area contributed by atoms with Crippen LogP contribution >= 0.6 is 0 Å². The van der Waals surface area contributed by atoms with Crippen LogP contribution in [-0.2, 0) is 18.3 Å². The molecule has 0 saturated carbocycles. The van der Waals surface area contributed by atoms with E-state index in [1.807, 2.05) is 0 Å². The Morgan fingerprint density at radius 3 is 2.00 bits per heavy atom. The molecule has 0 atom stereocenters. The topological polar surface area (TPSA) is 4.93 Å². The molecule has 0 bridgehead atoms. The second kappa shape index (κ2) is 5.86. The average Bonchev–Trinajstić information content (AvgIpc) is 3.18. The van der Waals surface area contributed by atoms with Gasteiger partial charge in [0.15, 0.2) is 0 Å².